The molecule has 2 aromatic carbocycles. The number of nitrogens with two attached hydrogens (primary N) is 2. The second-order valence-corrected chi connectivity index (χ2v) is 8.38. The zero-order valence-corrected chi connectivity index (χ0v) is 21.8. The molecule has 36 heavy (non-hydrogen) atoms. The SMILES string of the molecule is CCCCN(C)C(=O)/C(=C/c1ccc(C)cc1OC)SC=O.N/N=C(\NN)c1ccc(NC=O)cc1. The molecule has 0 aliphatic rings. The summed E-state index contributed by atoms with van der Waals surface area (Å²) < 4.78 is 5.34. The minimum Gasteiger partial charge on any atom is -0.496 e. The van der Waals surface area contributed by atoms with Gasteiger partial charge in [-0.25, -0.2) is 5.84 Å². The van der Waals surface area contributed by atoms with Crippen LogP contribution in [0.25, 0.3) is 6.08 Å². The quantitative estimate of drug-likeness (QED) is 0.0892. The number of ether oxygens (including phenoxy) is 1. The van der Waals surface area contributed by atoms with E-state index in [0.717, 1.165) is 41.3 Å². The molecule has 11 heteroatoms. The molecule has 0 aromatic heterocycles. The third-order valence-electron chi connectivity index (χ3n) is 4.90. The molecular weight excluding hydrogens is 480 g/mol. The third-order valence-corrected chi connectivity index (χ3v) is 5.55. The summed E-state index contributed by atoms with van der Waals surface area (Å²) in [6.07, 6.45) is 4.27. The van der Waals surface area contributed by atoms with Crippen LogP contribution in [0.15, 0.2) is 52.5 Å². The predicted octanol–water partition coefficient (Wildman–Crippen LogP) is 2.86. The number of aryl methyl sites for hydroxylation is 1. The predicted molar refractivity (Wildman–Crippen MR) is 147 cm³/mol. The summed E-state index contributed by atoms with van der Waals surface area (Å²) >= 11 is 0.898. The van der Waals surface area contributed by atoms with Gasteiger partial charge < -0.3 is 26.2 Å². The number of methoxy groups -OCH3 is 1. The fraction of sp³-hybridized carbons (Fsp3) is 0.280. The van der Waals surface area contributed by atoms with Crippen molar-refractivity contribution in [1.82, 2.24) is 10.3 Å². The van der Waals surface area contributed by atoms with E-state index < -0.39 is 0 Å². The molecule has 0 fully saturated rings. The minimum atomic E-state index is -0.145. The molecule has 0 unspecified atom stereocenters. The maximum atomic E-state index is 12.4. The molecular formula is C25H34N6O4S. The maximum absolute atomic E-state index is 12.4. The van der Waals surface area contributed by atoms with Crippen LogP contribution >= 0.6 is 11.8 Å². The molecule has 2 rings (SSSR count). The first-order valence-corrected chi connectivity index (χ1v) is 12.0. The first kappa shape index (κ1) is 30.2. The molecule has 0 spiro atoms. The first-order valence-electron chi connectivity index (χ1n) is 11.1. The smallest absolute Gasteiger partial charge is 0.260 e. The van der Waals surface area contributed by atoms with Crippen LogP contribution in [0.2, 0.25) is 0 Å². The number of unbranched alkanes of at least 4 members (excludes halogenated alkanes) is 1. The number of anilines is 1. The Hall–Kier alpha value is -3.83. The molecule has 0 heterocycles. The van der Waals surface area contributed by atoms with Gasteiger partial charge in [-0.05, 0) is 67.1 Å². The Bertz CT molecular complexity index is 1060. The molecule has 194 valence electrons. The number of thioether (sulfide) groups is 1. The molecule has 6 N–H and O–H groups in total. The maximum Gasteiger partial charge on any atom is 0.260 e. The molecule has 0 aliphatic heterocycles. The first-order chi connectivity index (χ1) is 17.3. The Morgan fingerprint density at radius 2 is 1.89 bits per heavy atom. The molecule has 2 aromatic rings. The van der Waals surface area contributed by atoms with Crippen molar-refractivity contribution in [3.63, 3.8) is 0 Å². The van der Waals surface area contributed by atoms with E-state index in [4.69, 9.17) is 16.4 Å². The standard InChI is InChI=1S/C17H23NO3S.C8H11N5O/c1-5-6-9-18(3)17(20)16(22-12-19)11-14-8-7-13(2)10-15(14)21-4;9-12-8(13-10)6-1-3-7(4-2-6)11-5-14/h7-8,10-12H,5-6,9H2,1-4H3;1-5H,9-10H2,(H,11,14)(H,12,13)/b16-11-;. The van der Waals surface area contributed by atoms with Gasteiger partial charge in [0.15, 0.2) is 11.5 Å². The zero-order chi connectivity index (χ0) is 26.9. The molecule has 0 radical (unpaired) electrons. The van der Waals surface area contributed by atoms with Gasteiger partial charge in [0.05, 0.1) is 12.0 Å². The number of carbonyl (C=O) groups is 3. The molecule has 0 saturated carbocycles. The fourth-order valence-corrected chi connectivity index (χ4v) is 3.50. The topological polar surface area (TPSA) is 152 Å². The molecule has 0 aliphatic carbocycles. The number of nitrogens with one attached hydrogen (secondary N) is 2. The second kappa shape index (κ2) is 16.7. The van der Waals surface area contributed by atoms with Crippen LogP contribution in [0.3, 0.4) is 0 Å². The van der Waals surface area contributed by atoms with Crippen LogP contribution < -0.4 is 27.2 Å². The third kappa shape index (κ3) is 9.80. The van der Waals surface area contributed by atoms with Crippen molar-refractivity contribution < 1.29 is 19.1 Å². The van der Waals surface area contributed by atoms with Crippen molar-refractivity contribution in [3.05, 3.63) is 64.1 Å². The number of hydrogen-bond donors (Lipinski definition) is 4. The van der Waals surface area contributed by atoms with Crippen LogP contribution in [-0.4, -0.2) is 49.4 Å². The number of carbonyl (C=O) groups excluding carboxylic acids is 3. The molecule has 0 saturated heterocycles. The highest BCUT2D eigenvalue weighted by atomic mass is 32.2. The summed E-state index contributed by atoms with van der Waals surface area (Å²) in [6.45, 7) is 4.73. The van der Waals surface area contributed by atoms with Gasteiger partial charge in [0.1, 0.15) is 5.75 Å². The number of hydrazone groups is 1. The summed E-state index contributed by atoms with van der Waals surface area (Å²) in [7, 11) is 3.34. The van der Waals surface area contributed by atoms with E-state index in [1.165, 1.54) is 0 Å². The Morgan fingerprint density at radius 1 is 1.19 bits per heavy atom. The van der Waals surface area contributed by atoms with Crippen molar-refractivity contribution in [1.29, 1.82) is 0 Å². The summed E-state index contributed by atoms with van der Waals surface area (Å²) in [4.78, 5) is 35.5. The molecule has 0 bridgehead atoms. The summed E-state index contributed by atoms with van der Waals surface area (Å²) in [6, 6.07) is 12.6. The van der Waals surface area contributed by atoms with Crippen LogP contribution in [0.5, 0.6) is 5.75 Å². The largest absolute Gasteiger partial charge is 0.496 e. The Morgan fingerprint density at radius 3 is 2.42 bits per heavy atom. The number of amides is 2. The van der Waals surface area contributed by atoms with E-state index in [1.807, 2.05) is 25.1 Å². The Balaban J connectivity index is 0.000000397. The number of hydrogen-bond acceptors (Lipinski definition) is 8. The van der Waals surface area contributed by atoms with E-state index in [1.54, 1.807) is 49.4 Å². The van der Waals surface area contributed by atoms with Crippen LogP contribution in [0, 0.1) is 6.92 Å². The summed E-state index contributed by atoms with van der Waals surface area (Å²) in [5.41, 5.74) is 6.33. The van der Waals surface area contributed by atoms with Gasteiger partial charge in [-0.15, -0.1) is 0 Å². The highest BCUT2D eigenvalue weighted by Crippen LogP contribution is 2.26. The van der Waals surface area contributed by atoms with E-state index in [9.17, 15) is 14.4 Å². The van der Waals surface area contributed by atoms with Crippen LogP contribution in [0.1, 0.15) is 36.5 Å². The van der Waals surface area contributed by atoms with Crippen molar-refractivity contribution in [2.45, 2.75) is 26.7 Å². The molecule has 0 atom stereocenters. The van der Waals surface area contributed by atoms with Gasteiger partial charge in [-0.2, -0.15) is 5.10 Å². The highest BCUT2D eigenvalue weighted by molar-refractivity contribution is 8.16. The van der Waals surface area contributed by atoms with Gasteiger partial charge >= 0.3 is 0 Å². The van der Waals surface area contributed by atoms with E-state index in [2.05, 4.69) is 22.8 Å². The van der Waals surface area contributed by atoms with Gasteiger partial charge in [0, 0.05) is 30.4 Å². The normalized spacial score (nSPS) is 11.0. The minimum absolute atomic E-state index is 0.145. The Labute approximate surface area is 216 Å². The van der Waals surface area contributed by atoms with E-state index in [0.29, 0.717) is 40.8 Å². The van der Waals surface area contributed by atoms with Crippen LogP contribution in [0.4, 0.5) is 5.69 Å². The molecule has 10 nitrogen and oxygen atoms in total. The zero-order valence-electron chi connectivity index (χ0n) is 21.0. The number of rotatable bonds is 11. The van der Waals surface area contributed by atoms with Gasteiger partial charge in [0.25, 0.3) is 5.91 Å². The van der Waals surface area contributed by atoms with Crippen molar-refractivity contribution in [2.24, 2.45) is 16.8 Å². The van der Waals surface area contributed by atoms with Crippen molar-refractivity contribution >= 4 is 47.3 Å². The lowest BCUT2D eigenvalue weighted by molar-refractivity contribution is -0.125. The summed E-state index contributed by atoms with van der Waals surface area (Å²) in [5.74, 6) is 11.2. The lowest BCUT2D eigenvalue weighted by Gasteiger charge is -2.17. The number of hydrazine groups is 1. The van der Waals surface area contributed by atoms with Crippen molar-refractivity contribution in [3.8, 4) is 5.75 Å². The van der Waals surface area contributed by atoms with E-state index in [-0.39, 0.29) is 5.91 Å². The van der Waals surface area contributed by atoms with Gasteiger partial charge in [-0.1, -0.05) is 25.5 Å². The Kier molecular flexibility index (Phi) is 14.0. The number of amidine groups is 1. The number of nitrogens with zero attached hydrogens (tertiary/aromatic N) is 2. The van der Waals surface area contributed by atoms with E-state index >= 15 is 0 Å². The monoisotopic (exact) mass is 514 g/mol. The van der Waals surface area contributed by atoms with Crippen molar-refractivity contribution in [2.75, 3.05) is 26.0 Å². The van der Waals surface area contributed by atoms with Gasteiger partial charge in [0.2, 0.25) is 6.41 Å². The average Bonchev–Trinajstić information content (AvgIpc) is 2.89. The number of likely N-dealkylation sites (N-methyl/N-ethyl adjacent to an activating group) is 1. The molecule has 2 amide bonds. The summed E-state index contributed by atoms with van der Waals surface area (Å²) in [5, 5.41) is 5.95. The highest BCUT2D eigenvalue weighted by Gasteiger charge is 2.16. The fourth-order valence-electron chi connectivity index (χ4n) is 2.95. The number of benzene rings is 2. The van der Waals surface area contributed by atoms with Gasteiger partial charge in [-0.3, -0.25) is 14.4 Å². The van der Waals surface area contributed by atoms with Crippen LogP contribution in [-0.2, 0) is 14.4 Å². The lowest BCUT2D eigenvalue weighted by Crippen LogP contribution is -2.31. The second-order valence-electron chi connectivity index (χ2n) is 7.51. The lowest BCUT2D eigenvalue weighted by atomic mass is 10.1. The average molecular weight is 515 g/mol.